The zero-order chi connectivity index (χ0) is 14.7. The van der Waals surface area contributed by atoms with Crippen molar-refractivity contribution in [2.75, 3.05) is 19.1 Å². The summed E-state index contributed by atoms with van der Waals surface area (Å²) in [6.07, 6.45) is 1.43. The van der Waals surface area contributed by atoms with Gasteiger partial charge in [-0.2, -0.15) is 0 Å². The van der Waals surface area contributed by atoms with Crippen molar-refractivity contribution in [1.82, 2.24) is 4.98 Å². The van der Waals surface area contributed by atoms with Crippen LogP contribution in [0.2, 0.25) is 0 Å². The number of nitrogens with two attached hydrogens (primary N) is 1. The molecule has 1 heterocycles. The molecule has 0 unspecified atom stereocenters. The minimum atomic E-state index is -0.489. The van der Waals surface area contributed by atoms with Gasteiger partial charge in [-0.15, -0.1) is 0 Å². The Labute approximate surface area is 124 Å². The molecule has 0 radical (unpaired) electrons. The van der Waals surface area contributed by atoms with E-state index in [1.165, 1.54) is 6.20 Å². The highest BCUT2D eigenvalue weighted by molar-refractivity contribution is 9.10. The largest absolute Gasteiger partial charge is 0.496 e. The Morgan fingerprint density at radius 2 is 2.25 bits per heavy atom. The summed E-state index contributed by atoms with van der Waals surface area (Å²) in [7, 11) is 1.54. The van der Waals surface area contributed by atoms with Crippen molar-refractivity contribution in [2.24, 2.45) is 5.84 Å². The van der Waals surface area contributed by atoms with Gasteiger partial charge in [0, 0.05) is 10.7 Å². The predicted octanol–water partition coefficient (Wildman–Crippen LogP) is 2.47. The van der Waals surface area contributed by atoms with Crippen LogP contribution in [0.15, 0.2) is 22.8 Å². The van der Waals surface area contributed by atoms with Gasteiger partial charge in [-0.05, 0) is 35.0 Å². The molecule has 0 fully saturated rings. The Bertz CT molecular complexity index is 661. The van der Waals surface area contributed by atoms with Crippen molar-refractivity contribution in [2.45, 2.75) is 6.92 Å². The van der Waals surface area contributed by atoms with Crippen LogP contribution in [0.3, 0.4) is 0 Å². The van der Waals surface area contributed by atoms with Gasteiger partial charge in [0.1, 0.15) is 11.3 Å². The third kappa shape index (κ3) is 2.41. The van der Waals surface area contributed by atoms with Gasteiger partial charge in [-0.1, -0.05) is 0 Å². The van der Waals surface area contributed by atoms with Crippen LogP contribution < -0.4 is 16.0 Å². The van der Waals surface area contributed by atoms with Crippen molar-refractivity contribution >= 4 is 38.5 Å². The molecule has 0 amide bonds. The third-order valence-electron chi connectivity index (χ3n) is 2.79. The summed E-state index contributed by atoms with van der Waals surface area (Å²) in [5, 5.41) is 0.620. The minimum Gasteiger partial charge on any atom is -0.496 e. The first-order valence-corrected chi connectivity index (χ1v) is 6.72. The molecule has 1 aromatic carbocycles. The fraction of sp³-hybridized carbons (Fsp3) is 0.231. The number of benzene rings is 1. The molecule has 20 heavy (non-hydrogen) atoms. The fourth-order valence-electron chi connectivity index (χ4n) is 1.93. The third-order valence-corrected chi connectivity index (χ3v) is 3.43. The number of methoxy groups -OCH3 is 1. The van der Waals surface area contributed by atoms with E-state index in [1.807, 2.05) is 6.07 Å². The van der Waals surface area contributed by atoms with E-state index in [-0.39, 0.29) is 12.2 Å². The van der Waals surface area contributed by atoms with Crippen LogP contribution in [0.25, 0.3) is 10.9 Å². The molecule has 1 aromatic heterocycles. The highest BCUT2D eigenvalue weighted by Gasteiger charge is 2.19. The van der Waals surface area contributed by atoms with Crippen molar-refractivity contribution < 1.29 is 14.3 Å². The van der Waals surface area contributed by atoms with Gasteiger partial charge >= 0.3 is 5.97 Å². The molecule has 6 nitrogen and oxygen atoms in total. The van der Waals surface area contributed by atoms with E-state index in [0.29, 0.717) is 22.3 Å². The van der Waals surface area contributed by atoms with Crippen LogP contribution >= 0.6 is 15.9 Å². The van der Waals surface area contributed by atoms with Crippen LogP contribution in [0, 0.1) is 0 Å². The summed E-state index contributed by atoms with van der Waals surface area (Å²) >= 11 is 3.41. The number of hydrazine groups is 1. The number of anilines is 1. The molecule has 2 aromatic rings. The second kappa shape index (κ2) is 6.06. The average Bonchev–Trinajstić information content (AvgIpc) is 2.46. The SMILES string of the molecule is CCOC(=O)c1cnc2c(Br)ccc(OC)c2c1NN. The molecular formula is C13H14BrN3O3. The Kier molecular flexibility index (Phi) is 4.41. The van der Waals surface area contributed by atoms with Gasteiger partial charge in [0.25, 0.3) is 0 Å². The number of nitrogens with one attached hydrogen (secondary N) is 1. The zero-order valence-electron chi connectivity index (χ0n) is 11.1. The molecule has 0 spiro atoms. The van der Waals surface area contributed by atoms with Crippen molar-refractivity contribution in [1.29, 1.82) is 0 Å². The summed E-state index contributed by atoms with van der Waals surface area (Å²) in [6.45, 7) is 2.01. The van der Waals surface area contributed by atoms with Crippen LogP contribution in [0.5, 0.6) is 5.75 Å². The van der Waals surface area contributed by atoms with Crippen LogP contribution in [0.1, 0.15) is 17.3 Å². The Balaban J connectivity index is 2.78. The number of aromatic nitrogens is 1. The number of halogens is 1. The molecule has 2 rings (SSSR count). The molecular weight excluding hydrogens is 326 g/mol. The molecule has 0 bridgehead atoms. The predicted molar refractivity (Wildman–Crippen MR) is 79.8 cm³/mol. The number of fused-ring (bicyclic) bond motifs is 1. The zero-order valence-corrected chi connectivity index (χ0v) is 12.7. The molecule has 0 aliphatic heterocycles. The number of nitrogens with zero attached hydrogens (tertiary/aromatic N) is 1. The summed E-state index contributed by atoms with van der Waals surface area (Å²) in [6, 6.07) is 3.59. The van der Waals surface area contributed by atoms with Crippen LogP contribution in [0.4, 0.5) is 5.69 Å². The molecule has 106 valence electrons. The molecule has 0 atom stereocenters. The van der Waals surface area contributed by atoms with Gasteiger partial charge in [0.15, 0.2) is 0 Å². The second-order valence-electron chi connectivity index (χ2n) is 3.88. The van der Waals surface area contributed by atoms with Gasteiger partial charge in [0.05, 0.1) is 30.3 Å². The number of esters is 1. The van der Waals surface area contributed by atoms with Crippen molar-refractivity contribution in [3.8, 4) is 5.75 Å². The highest BCUT2D eigenvalue weighted by atomic mass is 79.9. The van der Waals surface area contributed by atoms with E-state index in [9.17, 15) is 4.79 Å². The molecule has 0 saturated carbocycles. The number of pyridine rings is 1. The standard InChI is InChI=1S/C13H14BrN3O3/c1-3-20-13(18)7-6-16-12-8(14)4-5-9(19-2)10(12)11(7)17-15/h4-6H,3,15H2,1-2H3,(H,16,17). The number of hydrogen-bond acceptors (Lipinski definition) is 6. The fourth-order valence-corrected chi connectivity index (χ4v) is 2.36. The lowest BCUT2D eigenvalue weighted by molar-refractivity contribution is 0.0527. The van der Waals surface area contributed by atoms with Gasteiger partial charge in [0.2, 0.25) is 0 Å². The number of hydrogen-bond donors (Lipinski definition) is 2. The first-order chi connectivity index (χ1) is 9.63. The van der Waals surface area contributed by atoms with E-state index in [0.717, 1.165) is 4.47 Å². The van der Waals surface area contributed by atoms with E-state index in [2.05, 4.69) is 26.3 Å². The summed E-state index contributed by atoms with van der Waals surface area (Å²) < 4.78 is 11.1. The molecule has 0 aliphatic rings. The molecule has 3 N–H and O–H groups in total. The van der Waals surface area contributed by atoms with Crippen LogP contribution in [-0.4, -0.2) is 24.7 Å². The van der Waals surface area contributed by atoms with Crippen molar-refractivity contribution in [3.05, 3.63) is 28.4 Å². The Hall–Kier alpha value is -1.86. The lowest BCUT2D eigenvalue weighted by atomic mass is 10.1. The number of ether oxygens (including phenoxy) is 2. The van der Waals surface area contributed by atoms with Crippen LogP contribution in [-0.2, 0) is 4.74 Å². The van der Waals surface area contributed by atoms with E-state index in [1.54, 1.807) is 20.1 Å². The maximum atomic E-state index is 11.9. The maximum absolute atomic E-state index is 11.9. The number of carbonyl (C=O) groups is 1. The smallest absolute Gasteiger partial charge is 0.341 e. The second-order valence-corrected chi connectivity index (χ2v) is 4.74. The summed E-state index contributed by atoms with van der Waals surface area (Å²) in [4.78, 5) is 16.2. The van der Waals surface area contributed by atoms with Gasteiger partial charge < -0.3 is 14.9 Å². The van der Waals surface area contributed by atoms with Crippen molar-refractivity contribution in [3.63, 3.8) is 0 Å². The Morgan fingerprint density at radius 3 is 2.85 bits per heavy atom. The average molecular weight is 340 g/mol. The Morgan fingerprint density at radius 1 is 1.50 bits per heavy atom. The molecule has 7 heteroatoms. The lowest BCUT2D eigenvalue weighted by Crippen LogP contribution is -2.15. The number of nitrogen functional groups attached to an aromatic ring is 1. The topological polar surface area (TPSA) is 86.5 Å². The first-order valence-electron chi connectivity index (χ1n) is 5.93. The van der Waals surface area contributed by atoms with E-state index >= 15 is 0 Å². The monoisotopic (exact) mass is 339 g/mol. The quantitative estimate of drug-likeness (QED) is 0.505. The number of carbonyl (C=O) groups excluding carboxylic acids is 1. The molecule has 0 saturated heterocycles. The maximum Gasteiger partial charge on any atom is 0.341 e. The lowest BCUT2D eigenvalue weighted by Gasteiger charge is -2.14. The summed E-state index contributed by atoms with van der Waals surface area (Å²) in [5.41, 5.74) is 3.87. The van der Waals surface area contributed by atoms with E-state index < -0.39 is 5.97 Å². The van der Waals surface area contributed by atoms with Gasteiger partial charge in [-0.3, -0.25) is 10.8 Å². The minimum absolute atomic E-state index is 0.262. The highest BCUT2D eigenvalue weighted by Crippen LogP contribution is 2.37. The summed E-state index contributed by atoms with van der Waals surface area (Å²) in [5.74, 6) is 5.64. The normalized spacial score (nSPS) is 10.4. The van der Waals surface area contributed by atoms with Gasteiger partial charge in [-0.25, -0.2) is 4.79 Å². The van der Waals surface area contributed by atoms with E-state index in [4.69, 9.17) is 15.3 Å². The first kappa shape index (κ1) is 14.5. The number of rotatable bonds is 4. The molecule has 0 aliphatic carbocycles.